The zero-order valence-corrected chi connectivity index (χ0v) is 16.6. The Balaban J connectivity index is 1.78. The van der Waals surface area contributed by atoms with Crippen molar-refractivity contribution in [2.75, 3.05) is 5.32 Å². The first-order chi connectivity index (χ1) is 15.0. The molecule has 1 aliphatic rings. The first-order valence-electron chi connectivity index (χ1n) is 9.83. The normalized spacial score (nSPS) is 15.5. The molecular formula is C24H18N4O3. The molecule has 152 valence electrons. The molecule has 1 aliphatic heterocycles. The molecule has 0 fully saturated rings. The Kier molecular flexibility index (Phi) is 4.36. The fraction of sp³-hybridized carbons (Fsp3) is 0.0833. The van der Waals surface area contributed by atoms with Crippen LogP contribution in [0.25, 0.3) is 11.0 Å². The molecule has 0 saturated carbocycles. The number of imidazole rings is 1. The molecule has 0 unspecified atom stereocenters. The number of hydrogen-bond donors (Lipinski definition) is 1. The van der Waals surface area contributed by atoms with Crippen LogP contribution in [0.5, 0.6) is 0 Å². The molecule has 0 bridgehead atoms. The lowest BCUT2D eigenvalue weighted by Gasteiger charge is -2.30. The number of anilines is 1. The van der Waals surface area contributed by atoms with Crippen LogP contribution in [0.4, 0.5) is 11.6 Å². The Morgan fingerprint density at radius 2 is 1.77 bits per heavy atom. The second-order valence-corrected chi connectivity index (χ2v) is 7.41. The molecule has 1 aromatic heterocycles. The van der Waals surface area contributed by atoms with Crippen LogP contribution in [0.1, 0.15) is 28.9 Å². The van der Waals surface area contributed by atoms with Gasteiger partial charge in [0.2, 0.25) is 5.95 Å². The van der Waals surface area contributed by atoms with Crippen molar-refractivity contribution in [3.05, 3.63) is 111 Å². The zero-order chi connectivity index (χ0) is 21.5. The average Bonchev–Trinajstić information content (AvgIpc) is 3.16. The van der Waals surface area contributed by atoms with Crippen LogP contribution in [0, 0.1) is 10.1 Å². The number of fused-ring (bicyclic) bond motifs is 3. The molecule has 0 spiro atoms. The molecule has 4 aromatic rings. The van der Waals surface area contributed by atoms with Crippen molar-refractivity contribution in [1.29, 1.82) is 0 Å². The van der Waals surface area contributed by atoms with Gasteiger partial charge in [-0.2, -0.15) is 0 Å². The van der Waals surface area contributed by atoms with Gasteiger partial charge in [-0.15, -0.1) is 0 Å². The van der Waals surface area contributed by atoms with Crippen molar-refractivity contribution in [3.63, 3.8) is 0 Å². The van der Waals surface area contributed by atoms with E-state index in [2.05, 4.69) is 10.3 Å². The summed E-state index contributed by atoms with van der Waals surface area (Å²) in [6, 6.07) is 22.6. The average molecular weight is 410 g/mol. The Hall–Kier alpha value is -4.26. The van der Waals surface area contributed by atoms with Crippen molar-refractivity contribution in [3.8, 4) is 0 Å². The number of carbonyl (C=O) groups is 1. The van der Waals surface area contributed by atoms with Crippen molar-refractivity contribution < 1.29 is 9.72 Å². The highest BCUT2D eigenvalue weighted by molar-refractivity contribution is 6.11. The Labute approximate surface area is 177 Å². The number of nitrogens with zero attached hydrogens (tertiary/aromatic N) is 3. The van der Waals surface area contributed by atoms with Crippen LogP contribution in [-0.4, -0.2) is 20.3 Å². The standard InChI is InChI=1S/C24H18N4O3/c1-15-21(23(29)16-8-3-2-4-9-16)22(17-10-7-11-18(14-17)28(30)31)27-20-13-6-5-12-19(20)26-24(27)25-15/h2-14,22H,1H3,(H,25,26)/t22-/m0/s1. The summed E-state index contributed by atoms with van der Waals surface area (Å²) in [4.78, 5) is 29.3. The minimum Gasteiger partial charge on any atom is -0.329 e. The largest absolute Gasteiger partial charge is 0.329 e. The molecular weight excluding hydrogens is 392 g/mol. The molecule has 0 radical (unpaired) electrons. The van der Waals surface area contributed by atoms with Gasteiger partial charge in [0.25, 0.3) is 5.69 Å². The van der Waals surface area contributed by atoms with E-state index >= 15 is 0 Å². The molecule has 1 atom stereocenters. The highest BCUT2D eigenvalue weighted by Crippen LogP contribution is 2.40. The van der Waals surface area contributed by atoms with Crippen LogP contribution in [0.15, 0.2) is 90.1 Å². The number of rotatable bonds is 4. The van der Waals surface area contributed by atoms with E-state index in [0.29, 0.717) is 28.3 Å². The van der Waals surface area contributed by atoms with Gasteiger partial charge in [0.05, 0.1) is 22.0 Å². The number of nitrogens with one attached hydrogen (secondary N) is 1. The highest BCUT2D eigenvalue weighted by Gasteiger charge is 2.34. The van der Waals surface area contributed by atoms with E-state index in [1.165, 1.54) is 12.1 Å². The monoisotopic (exact) mass is 410 g/mol. The second-order valence-electron chi connectivity index (χ2n) is 7.41. The van der Waals surface area contributed by atoms with E-state index < -0.39 is 11.0 Å². The lowest BCUT2D eigenvalue weighted by molar-refractivity contribution is -0.384. The van der Waals surface area contributed by atoms with Gasteiger partial charge in [0, 0.05) is 29.0 Å². The predicted octanol–water partition coefficient (Wildman–Crippen LogP) is 5.12. The Bertz CT molecular complexity index is 1370. The molecule has 7 nitrogen and oxygen atoms in total. The van der Waals surface area contributed by atoms with Crippen LogP contribution in [0.3, 0.4) is 0 Å². The van der Waals surface area contributed by atoms with Gasteiger partial charge in [-0.05, 0) is 24.6 Å². The molecule has 0 amide bonds. The summed E-state index contributed by atoms with van der Waals surface area (Å²) in [7, 11) is 0. The van der Waals surface area contributed by atoms with E-state index in [9.17, 15) is 14.9 Å². The summed E-state index contributed by atoms with van der Waals surface area (Å²) < 4.78 is 1.94. The lowest BCUT2D eigenvalue weighted by atomic mass is 9.89. The Morgan fingerprint density at radius 3 is 2.55 bits per heavy atom. The molecule has 31 heavy (non-hydrogen) atoms. The van der Waals surface area contributed by atoms with Gasteiger partial charge < -0.3 is 5.32 Å². The number of nitro benzene ring substituents is 1. The first kappa shape index (κ1) is 18.7. The molecule has 2 heterocycles. The van der Waals surface area contributed by atoms with Crippen molar-refractivity contribution in [1.82, 2.24) is 9.55 Å². The minimum atomic E-state index is -0.559. The third-order valence-electron chi connectivity index (χ3n) is 5.51. The van der Waals surface area contributed by atoms with E-state index in [1.54, 1.807) is 18.2 Å². The molecule has 5 rings (SSSR count). The van der Waals surface area contributed by atoms with Gasteiger partial charge in [0.1, 0.15) is 0 Å². The maximum Gasteiger partial charge on any atom is 0.269 e. The van der Waals surface area contributed by atoms with Crippen molar-refractivity contribution in [2.24, 2.45) is 0 Å². The summed E-state index contributed by atoms with van der Waals surface area (Å²) in [5, 5.41) is 14.7. The number of ketones is 1. The number of nitro groups is 1. The van der Waals surface area contributed by atoms with Crippen molar-refractivity contribution in [2.45, 2.75) is 13.0 Å². The van der Waals surface area contributed by atoms with Gasteiger partial charge >= 0.3 is 0 Å². The number of carbonyl (C=O) groups excluding carboxylic acids is 1. The van der Waals surface area contributed by atoms with Gasteiger partial charge in [-0.1, -0.05) is 54.6 Å². The summed E-state index contributed by atoms with van der Waals surface area (Å²) >= 11 is 0. The number of aromatic nitrogens is 2. The fourth-order valence-corrected chi connectivity index (χ4v) is 4.13. The van der Waals surface area contributed by atoms with Gasteiger partial charge in [0.15, 0.2) is 5.78 Å². The number of benzene rings is 3. The fourth-order valence-electron chi connectivity index (χ4n) is 4.13. The molecule has 3 aromatic carbocycles. The quantitative estimate of drug-likeness (QED) is 0.287. The van der Waals surface area contributed by atoms with E-state index in [0.717, 1.165) is 11.0 Å². The van der Waals surface area contributed by atoms with E-state index in [1.807, 2.05) is 60.0 Å². The molecule has 0 aliphatic carbocycles. The number of Topliss-reactive ketones (excluding diaryl/α,β-unsaturated/α-hetero) is 1. The molecule has 7 heteroatoms. The van der Waals surface area contributed by atoms with E-state index in [-0.39, 0.29) is 11.5 Å². The predicted molar refractivity (Wildman–Crippen MR) is 118 cm³/mol. The Morgan fingerprint density at radius 1 is 1.03 bits per heavy atom. The topological polar surface area (TPSA) is 90.1 Å². The van der Waals surface area contributed by atoms with Crippen LogP contribution in [0.2, 0.25) is 0 Å². The SMILES string of the molecule is CC1=C(C(=O)c2ccccc2)[C@H](c2cccc([N+](=O)[O-])c2)n2c(nc3ccccc32)N1. The third kappa shape index (κ3) is 3.07. The maximum atomic E-state index is 13.6. The van der Waals surface area contributed by atoms with Crippen LogP contribution < -0.4 is 5.32 Å². The summed E-state index contributed by atoms with van der Waals surface area (Å²) in [6.45, 7) is 1.84. The van der Waals surface area contributed by atoms with E-state index in [4.69, 9.17) is 0 Å². The number of para-hydroxylation sites is 2. The van der Waals surface area contributed by atoms with Crippen molar-refractivity contribution >= 4 is 28.5 Å². The molecule has 1 N–H and O–H groups in total. The third-order valence-corrected chi connectivity index (χ3v) is 5.51. The summed E-state index contributed by atoms with van der Waals surface area (Å²) in [5.41, 5.74) is 4.01. The van der Waals surface area contributed by atoms with Crippen LogP contribution in [-0.2, 0) is 0 Å². The maximum absolute atomic E-state index is 13.6. The summed E-state index contributed by atoms with van der Waals surface area (Å²) in [6.07, 6.45) is 0. The summed E-state index contributed by atoms with van der Waals surface area (Å²) in [5.74, 6) is 0.463. The smallest absolute Gasteiger partial charge is 0.269 e. The number of hydrogen-bond acceptors (Lipinski definition) is 5. The molecule has 0 saturated heterocycles. The lowest BCUT2D eigenvalue weighted by Crippen LogP contribution is -2.28. The van der Waals surface area contributed by atoms with Gasteiger partial charge in [-0.25, -0.2) is 4.98 Å². The minimum absolute atomic E-state index is 0.0221. The second kappa shape index (κ2) is 7.21. The van der Waals surface area contributed by atoms with Crippen LogP contribution >= 0.6 is 0 Å². The highest BCUT2D eigenvalue weighted by atomic mass is 16.6. The zero-order valence-electron chi connectivity index (χ0n) is 16.6. The number of allylic oxidation sites excluding steroid dienone is 2. The number of non-ortho nitro benzene ring substituents is 1. The first-order valence-corrected chi connectivity index (χ1v) is 9.83. The van der Waals surface area contributed by atoms with Gasteiger partial charge in [-0.3, -0.25) is 19.5 Å².